The van der Waals surface area contributed by atoms with Gasteiger partial charge in [-0.15, -0.1) is 0 Å². The minimum atomic E-state index is -2.13. The maximum atomic E-state index is 13.9. The van der Waals surface area contributed by atoms with Crippen LogP contribution in [0.2, 0.25) is 0 Å². The van der Waals surface area contributed by atoms with Crippen molar-refractivity contribution in [3.8, 4) is 0 Å². The molecule has 0 aromatic heterocycles. The Labute approximate surface area is 119 Å². The summed E-state index contributed by atoms with van der Waals surface area (Å²) in [5.74, 6) is -9.47. The average molecular weight is 308 g/mol. The Morgan fingerprint density at radius 1 is 0.905 bits per heavy atom. The second-order valence-electron chi connectivity index (χ2n) is 5.40. The molecular formula is C14H17F5N2. The number of nitrogens with zero attached hydrogens (tertiary/aromatic N) is 1. The van der Waals surface area contributed by atoms with Gasteiger partial charge in [-0.1, -0.05) is 6.92 Å². The standard InChI is InChI=1S/C14H17F5N2/c1-6-7(2)21(5-4-8(6)20-3)14-12(18)10(16)9(15)11(17)13(14)19/h6-8,20H,4-5H2,1-3H3. The number of piperidine rings is 1. The summed E-state index contributed by atoms with van der Waals surface area (Å²) in [4.78, 5) is 1.26. The molecule has 1 heterocycles. The minimum Gasteiger partial charge on any atom is -0.364 e. The van der Waals surface area contributed by atoms with Crippen molar-refractivity contribution in [3.05, 3.63) is 29.1 Å². The molecule has 1 aromatic carbocycles. The highest BCUT2D eigenvalue weighted by Crippen LogP contribution is 2.35. The molecule has 0 aliphatic carbocycles. The van der Waals surface area contributed by atoms with Crippen LogP contribution in [0.4, 0.5) is 27.6 Å². The van der Waals surface area contributed by atoms with E-state index in [4.69, 9.17) is 0 Å². The zero-order chi connectivity index (χ0) is 15.9. The minimum absolute atomic E-state index is 0.00118. The Bertz CT molecular complexity index is 520. The first-order chi connectivity index (χ1) is 9.81. The summed E-state index contributed by atoms with van der Waals surface area (Å²) >= 11 is 0. The number of nitrogens with one attached hydrogen (secondary N) is 1. The fraction of sp³-hybridized carbons (Fsp3) is 0.571. The van der Waals surface area contributed by atoms with Gasteiger partial charge >= 0.3 is 0 Å². The second-order valence-corrected chi connectivity index (χ2v) is 5.40. The van der Waals surface area contributed by atoms with Crippen LogP contribution in [0.15, 0.2) is 0 Å². The molecule has 3 atom stereocenters. The highest BCUT2D eigenvalue weighted by Gasteiger charge is 2.37. The Morgan fingerprint density at radius 2 is 1.38 bits per heavy atom. The fourth-order valence-electron chi connectivity index (χ4n) is 2.93. The summed E-state index contributed by atoms with van der Waals surface area (Å²) in [6, 6.07) is -0.220. The highest BCUT2D eigenvalue weighted by molar-refractivity contribution is 5.52. The Hall–Kier alpha value is -1.37. The van der Waals surface area contributed by atoms with Crippen LogP contribution in [-0.4, -0.2) is 25.7 Å². The smallest absolute Gasteiger partial charge is 0.200 e. The molecule has 1 aliphatic heterocycles. The first kappa shape index (κ1) is 16.0. The lowest BCUT2D eigenvalue weighted by atomic mass is 9.86. The van der Waals surface area contributed by atoms with E-state index in [1.54, 1.807) is 14.0 Å². The summed E-state index contributed by atoms with van der Waals surface area (Å²) in [5, 5.41) is 3.09. The molecule has 1 aliphatic rings. The molecule has 1 aromatic rings. The molecule has 2 rings (SSSR count). The lowest BCUT2D eigenvalue weighted by Crippen LogP contribution is -2.53. The molecule has 118 valence electrons. The zero-order valence-electron chi connectivity index (χ0n) is 12.0. The van der Waals surface area contributed by atoms with E-state index in [9.17, 15) is 22.0 Å². The van der Waals surface area contributed by atoms with Crippen LogP contribution in [0.25, 0.3) is 0 Å². The predicted molar refractivity (Wildman–Crippen MR) is 69.7 cm³/mol. The number of benzene rings is 1. The molecule has 0 saturated carbocycles. The zero-order valence-corrected chi connectivity index (χ0v) is 12.0. The van der Waals surface area contributed by atoms with Gasteiger partial charge < -0.3 is 10.2 Å². The third kappa shape index (κ3) is 2.47. The summed E-state index contributed by atoms with van der Waals surface area (Å²) < 4.78 is 67.5. The SMILES string of the molecule is CNC1CCN(c2c(F)c(F)c(F)c(F)c2F)C(C)C1C. The topological polar surface area (TPSA) is 15.3 Å². The molecule has 1 N–H and O–H groups in total. The van der Waals surface area contributed by atoms with Crippen LogP contribution in [0.1, 0.15) is 20.3 Å². The van der Waals surface area contributed by atoms with Gasteiger partial charge in [0, 0.05) is 18.6 Å². The number of halogens is 5. The molecule has 21 heavy (non-hydrogen) atoms. The average Bonchev–Trinajstić information content (AvgIpc) is 2.47. The quantitative estimate of drug-likeness (QED) is 0.513. The summed E-state index contributed by atoms with van der Waals surface area (Å²) in [6.07, 6.45) is 0.557. The van der Waals surface area contributed by atoms with Crippen LogP contribution in [0.3, 0.4) is 0 Å². The number of anilines is 1. The molecule has 0 spiro atoms. The molecule has 0 bridgehead atoms. The molecule has 0 amide bonds. The lowest BCUT2D eigenvalue weighted by molar-refractivity contribution is 0.276. The number of hydrogen-bond donors (Lipinski definition) is 1. The van der Waals surface area contributed by atoms with E-state index in [-0.39, 0.29) is 24.5 Å². The molecule has 1 fully saturated rings. The van der Waals surface area contributed by atoms with Gasteiger partial charge in [0.1, 0.15) is 5.69 Å². The van der Waals surface area contributed by atoms with E-state index >= 15 is 0 Å². The van der Waals surface area contributed by atoms with Crippen molar-refractivity contribution < 1.29 is 22.0 Å². The van der Waals surface area contributed by atoms with E-state index in [1.807, 2.05) is 6.92 Å². The molecule has 1 saturated heterocycles. The van der Waals surface area contributed by atoms with E-state index in [2.05, 4.69) is 5.32 Å². The lowest BCUT2D eigenvalue weighted by Gasteiger charge is -2.44. The molecule has 7 heteroatoms. The van der Waals surface area contributed by atoms with Crippen LogP contribution in [0, 0.1) is 35.0 Å². The van der Waals surface area contributed by atoms with Crippen LogP contribution < -0.4 is 10.2 Å². The van der Waals surface area contributed by atoms with Crippen molar-refractivity contribution in [1.82, 2.24) is 5.32 Å². The van der Waals surface area contributed by atoms with Crippen molar-refractivity contribution in [2.75, 3.05) is 18.5 Å². The largest absolute Gasteiger partial charge is 0.364 e. The van der Waals surface area contributed by atoms with Gasteiger partial charge in [-0.3, -0.25) is 0 Å². The molecule has 2 nitrogen and oxygen atoms in total. The van der Waals surface area contributed by atoms with Crippen LogP contribution in [0.5, 0.6) is 0 Å². The van der Waals surface area contributed by atoms with Crippen molar-refractivity contribution in [1.29, 1.82) is 0 Å². The second kappa shape index (κ2) is 5.79. The van der Waals surface area contributed by atoms with Crippen molar-refractivity contribution >= 4 is 5.69 Å². The molecule has 0 radical (unpaired) electrons. The van der Waals surface area contributed by atoms with Gasteiger partial charge in [-0.2, -0.15) is 0 Å². The Kier molecular flexibility index (Phi) is 4.41. The van der Waals surface area contributed by atoms with Crippen molar-refractivity contribution in [3.63, 3.8) is 0 Å². The van der Waals surface area contributed by atoms with E-state index in [0.29, 0.717) is 6.42 Å². The maximum absolute atomic E-state index is 13.9. The van der Waals surface area contributed by atoms with Gasteiger partial charge in [-0.25, -0.2) is 22.0 Å². The van der Waals surface area contributed by atoms with Gasteiger partial charge in [0.15, 0.2) is 23.3 Å². The normalized spacial score (nSPS) is 26.3. The molecule has 3 unspecified atom stereocenters. The number of rotatable bonds is 2. The van der Waals surface area contributed by atoms with E-state index in [0.717, 1.165) is 0 Å². The van der Waals surface area contributed by atoms with Gasteiger partial charge in [0.25, 0.3) is 0 Å². The highest BCUT2D eigenvalue weighted by atomic mass is 19.2. The summed E-state index contributed by atoms with van der Waals surface area (Å²) in [6.45, 7) is 3.81. The Balaban J connectivity index is 2.48. The summed E-state index contributed by atoms with van der Waals surface area (Å²) in [7, 11) is 1.78. The van der Waals surface area contributed by atoms with Crippen molar-refractivity contribution in [2.45, 2.75) is 32.4 Å². The third-order valence-corrected chi connectivity index (χ3v) is 4.41. The van der Waals surface area contributed by atoms with Gasteiger partial charge in [0.2, 0.25) is 5.82 Å². The predicted octanol–water partition coefficient (Wildman–Crippen LogP) is 3.20. The Morgan fingerprint density at radius 3 is 1.86 bits per heavy atom. The summed E-state index contributed by atoms with van der Waals surface area (Å²) in [5.41, 5.74) is -0.833. The monoisotopic (exact) mass is 308 g/mol. The van der Waals surface area contributed by atoms with Crippen molar-refractivity contribution in [2.24, 2.45) is 5.92 Å². The van der Waals surface area contributed by atoms with Crippen LogP contribution in [-0.2, 0) is 0 Å². The van der Waals surface area contributed by atoms with Gasteiger partial charge in [-0.05, 0) is 26.3 Å². The van der Waals surface area contributed by atoms with Crippen LogP contribution >= 0.6 is 0 Å². The molecular weight excluding hydrogens is 291 g/mol. The number of hydrogen-bond acceptors (Lipinski definition) is 2. The van der Waals surface area contributed by atoms with Gasteiger partial charge in [0.05, 0.1) is 0 Å². The van der Waals surface area contributed by atoms with E-state index < -0.39 is 34.8 Å². The first-order valence-electron chi connectivity index (χ1n) is 6.76. The van der Waals surface area contributed by atoms with E-state index in [1.165, 1.54) is 4.90 Å². The maximum Gasteiger partial charge on any atom is 0.200 e. The first-order valence-corrected chi connectivity index (χ1v) is 6.76. The third-order valence-electron chi connectivity index (χ3n) is 4.41. The fourth-order valence-corrected chi connectivity index (χ4v) is 2.93.